The standard InChI is InChI=1S/C17H17Cl2N5O3S3/c18-14-9-13(16(19)29-14)30(26,27)22-21-15(25)10-23-5-7-24(8-6-23)17-20-11-3-1-2-4-12(11)28-17/h1-4,9,22H,5-8,10H2,(H,21,25). The second-order valence-corrected chi connectivity index (χ2v) is 11.5. The van der Waals surface area contributed by atoms with E-state index in [0.717, 1.165) is 39.8 Å². The molecule has 2 aromatic heterocycles. The first kappa shape index (κ1) is 21.8. The summed E-state index contributed by atoms with van der Waals surface area (Å²) in [5, 5.41) is 0.972. The Bertz CT molecular complexity index is 1140. The molecule has 30 heavy (non-hydrogen) atoms. The molecule has 1 fully saturated rings. The number of hydrazine groups is 1. The van der Waals surface area contributed by atoms with Crippen molar-refractivity contribution in [3.05, 3.63) is 39.0 Å². The molecule has 4 rings (SSSR count). The number of nitrogens with zero attached hydrogens (tertiary/aromatic N) is 3. The molecule has 0 saturated carbocycles. The van der Waals surface area contributed by atoms with Gasteiger partial charge in [-0.3, -0.25) is 15.1 Å². The van der Waals surface area contributed by atoms with Crippen LogP contribution in [0.15, 0.2) is 35.2 Å². The summed E-state index contributed by atoms with van der Waals surface area (Å²) in [6.45, 7) is 2.89. The summed E-state index contributed by atoms with van der Waals surface area (Å²) < 4.78 is 25.9. The van der Waals surface area contributed by atoms with Gasteiger partial charge >= 0.3 is 0 Å². The number of anilines is 1. The van der Waals surface area contributed by atoms with Gasteiger partial charge in [-0.25, -0.2) is 13.4 Å². The first-order valence-electron chi connectivity index (χ1n) is 8.90. The molecule has 1 aromatic carbocycles. The zero-order chi connectivity index (χ0) is 21.3. The molecule has 1 saturated heterocycles. The molecule has 1 aliphatic heterocycles. The van der Waals surface area contributed by atoms with Gasteiger partial charge in [0.05, 0.1) is 21.1 Å². The number of rotatable bonds is 6. The van der Waals surface area contributed by atoms with E-state index < -0.39 is 15.9 Å². The summed E-state index contributed by atoms with van der Waals surface area (Å²) in [5.41, 5.74) is 3.21. The molecule has 0 spiro atoms. The van der Waals surface area contributed by atoms with Crippen molar-refractivity contribution in [1.82, 2.24) is 20.1 Å². The summed E-state index contributed by atoms with van der Waals surface area (Å²) in [7, 11) is -3.99. The number of thiophene rings is 1. The highest BCUT2D eigenvalue weighted by Crippen LogP contribution is 2.34. The lowest BCUT2D eigenvalue weighted by molar-refractivity contribution is -0.122. The molecule has 8 nitrogen and oxygen atoms in total. The number of piperazine rings is 1. The molecule has 13 heteroatoms. The van der Waals surface area contributed by atoms with Gasteiger partial charge < -0.3 is 4.90 Å². The number of para-hydroxylation sites is 1. The van der Waals surface area contributed by atoms with Crippen LogP contribution in [0.2, 0.25) is 8.67 Å². The van der Waals surface area contributed by atoms with E-state index in [1.54, 1.807) is 11.3 Å². The van der Waals surface area contributed by atoms with E-state index in [4.69, 9.17) is 23.2 Å². The number of fused-ring (bicyclic) bond motifs is 1. The van der Waals surface area contributed by atoms with Gasteiger partial charge in [-0.2, -0.15) is 0 Å². The molecule has 1 aliphatic rings. The van der Waals surface area contributed by atoms with Crippen molar-refractivity contribution in [3.63, 3.8) is 0 Å². The number of halogens is 2. The molecule has 160 valence electrons. The van der Waals surface area contributed by atoms with Crippen molar-refractivity contribution in [2.45, 2.75) is 4.90 Å². The molecule has 2 N–H and O–H groups in total. The Morgan fingerprint density at radius 1 is 1.13 bits per heavy atom. The highest BCUT2D eigenvalue weighted by atomic mass is 35.5. The molecule has 3 heterocycles. The highest BCUT2D eigenvalue weighted by molar-refractivity contribution is 7.89. The average Bonchev–Trinajstić information content (AvgIpc) is 3.30. The van der Waals surface area contributed by atoms with E-state index >= 15 is 0 Å². The van der Waals surface area contributed by atoms with Crippen molar-refractivity contribution in [3.8, 4) is 0 Å². The van der Waals surface area contributed by atoms with Gasteiger partial charge in [0.25, 0.3) is 10.0 Å². The molecule has 0 atom stereocenters. The first-order valence-corrected chi connectivity index (χ1v) is 12.8. The van der Waals surface area contributed by atoms with Crippen LogP contribution in [0.25, 0.3) is 10.2 Å². The van der Waals surface area contributed by atoms with Crippen LogP contribution >= 0.6 is 45.9 Å². The maximum Gasteiger partial charge on any atom is 0.259 e. The number of sulfonamides is 1. The SMILES string of the molecule is O=C(CN1CCN(c2nc3ccccc3s2)CC1)NNS(=O)(=O)c1cc(Cl)sc1Cl. The lowest BCUT2D eigenvalue weighted by Crippen LogP contribution is -2.51. The molecule has 0 unspecified atom stereocenters. The number of carbonyl (C=O) groups excluding carboxylic acids is 1. The Hall–Kier alpha value is -1.47. The maximum absolute atomic E-state index is 12.2. The van der Waals surface area contributed by atoms with Gasteiger partial charge in [-0.15, -0.1) is 16.2 Å². The molecule has 0 radical (unpaired) electrons. The lowest BCUT2D eigenvalue weighted by Gasteiger charge is -2.34. The second kappa shape index (κ2) is 8.95. The Morgan fingerprint density at radius 3 is 2.53 bits per heavy atom. The van der Waals surface area contributed by atoms with Gasteiger partial charge in [0.2, 0.25) is 5.91 Å². The quantitative estimate of drug-likeness (QED) is 0.500. The summed E-state index contributed by atoms with van der Waals surface area (Å²) in [6, 6.07) is 9.25. The summed E-state index contributed by atoms with van der Waals surface area (Å²) >= 11 is 14.2. The zero-order valence-corrected chi connectivity index (χ0v) is 19.4. The van der Waals surface area contributed by atoms with Crippen molar-refractivity contribution in [1.29, 1.82) is 0 Å². The van der Waals surface area contributed by atoms with Gasteiger partial charge in [0.1, 0.15) is 9.23 Å². The Morgan fingerprint density at radius 2 is 1.87 bits per heavy atom. The van der Waals surface area contributed by atoms with Gasteiger partial charge in [-0.1, -0.05) is 46.7 Å². The third-order valence-electron chi connectivity index (χ3n) is 4.53. The molecular formula is C17H17Cl2N5O3S3. The van der Waals surface area contributed by atoms with Crippen molar-refractivity contribution >= 4 is 77.2 Å². The Balaban J connectivity index is 1.27. The lowest BCUT2D eigenvalue weighted by atomic mass is 10.3. The molecule has 1 amide bonds. The third kappa shape index (κ3) is 4.88. The van der Waals surface area contributed by atoms with Gasteiger partial charge in [0, 0.05) is 26.2 Å². The Labute approximate surface area is 191 Å². The predicted octanol–water partition coefficient (Wildman–Crippen LogP) is 2.80. The molecular weight excluding hydrogens is 489 g/mol. The van der Waals surface area contributed by atoms with Gasteiger partial charge in [0.15, 0.2) is 5.13 Å². The number of amides is 1. The summed E-state index contributed by atoms with van der Waals surface area (Å²) in [5.74, 6) is -0.454. The maximum atomic E-state index is 12.2. The van der Waals surface area contributed by atoms with Crippen LogP contribution in [0.5, 0.6) is 0 Å². The van der Waals surface area contributed by atoms with Crippen LogP contribution in [0.3, 0.4) is 0 Å². The van der Waals surface area contributed by atoms with Crippen molar-refractivity contribution in [2.75, 3.05) is 37.6 Å². The van der Waals surface area contributed by atoms with E-state index in [9.17, 15) is 13.2 Å². The minimum Gasteiger partial charge on any atom is -0.345 e. The fraction of sp³-hybridized carbons (Fsp3) is 0.294. The minimum atomic E-state index is -3.99. The number of benzene rings is 1. The zero-order valence-electron chi connectivity index (χ0n) is 15.5. The number of carbonyl (C=O) groups is 1. The van der Waals surface area contributed by atoms with E-state index in [1.165, 1.54) is 6.07 Å². The summed E-state index contributed by atoms with van der Waals surface area (Å²) in [4.78, 5) is 22.9. The fourth-order valence-electron chi connectivity index (χ4n) is 3.02. The van der Waals surface area contributed by atoms with Gasteiger partial charge in [-0.05, 0) is 18.2 Å². The second-order valence-electron chi connectivity index (χ2n) is 6.57. The van der Waals surface area contributed by atoms with Crippen LogP contribution < -0.4 is 15.2 Å². The van der Waals surface area contributed by atoms with E-state index in [-0.39, 0.29) is 20.1 Å². The van der Waals surface area contributed by atoms with Crippen LogP contribution in [-0.2, 0) is 14.8 Å². The monoisotopic (exact) mass is 505 g/mol. The van der Waals surface area contributed by atoms with Crippen LogP contribution in [0.4, 0.5) is 5.13 Å². The third-order valence-corrected chi connectivity index (χ3v) is 8.63. The highest BCUT2D eigenvalue weighted by Gasteiger charge is 2.24. The topological polar surface area (TPSA) is 94.6 Å². The average molecular weight is 506 g/mol. The normalized spacial score (nSPS) is 15.6. The van der Waals surface area contributed by atoms with Crippen molar-refractivity contribution in [2.24, 2.45) is 0 Å². The summed E-state index contributed by atoms with van der Waals surface area (Å²) in [6.07, 6.45) is 0. The number of thiazole rings is 1. The smallest absolute Gasteiger partial charge is 0.259 e. The minimum absolute atomic E-state index is 0.0349. The first-order chi connectivity index (χ1) is 14.3. The predicted molar refractivity (Wildman–Crippen MR) is 121 cm³/mol. The van der Waals surface area contributed by atoms with Crippen molar-refractivity contribution < 1.29 is 13.2 Å². The number of hydrogen-bond acceptors (Lipinski definition) is 8. The van der Waals surface area contributed by atoms with Crippen LogP contribution in [0.1, 0.15) is 0 Å². The Kier molecular flexibility index (Phi) is 6.49. The molecule has 0 bridgehead atoms. The number of nitrogens with one attached hydrogen (secondary N) is 2. The van der Waals surface area contributed by atoms with Crippen LogP contribution in [-0.4, -0.2) is 56.9 Å². The van der Waals surface area contributed by atoms with Crippen LogP contribution in [0, 0.1) is 0 Å². The number of aromatic nitrogens is 1. The van der Waals surface area contributed by atoms with E-state index in [2.05, 4.69) is 26.2 Å². The molecule has 0 aliphatic carbocycles. The molecule has 3 aromatic rings. The van der Waals surface area contributed by atoms with E-state index in [1.807, 2.05) is 23.1 Å². The number of hydrogen-bond donors (Lipinski definition) is 2. The fourth-order valence-corrected chi connectivity index (χ4v) is 7.05. The van der Waals surface area contributed by atoms with E-state index in [0.29, 0.717) is 13.1 Å². The largest absolute Gasteiger partial charge is 0.345 e.